The molecular formula is C10H15Br. The minimum absolute atomic E-state index is 0.609. The highest BCUT2D eigenvalue weighted by Crippen LogP contribution is 2.59. The minimum atomic E-state index is 0.609. The molecule has 0 heterocycles. The van der Waals surface area contributed by atoms with E-state index in [1.807, 2.05) is 0 Å². The molecule has 2 atom stereocenters. The molecule has 2 bridgehead atoms. The summed E-state index contributed by atoms with van der Waals surface area (Å²) in [5.41, 5.74) is 2.26. The van der Waals surface area contributed by atoms with E-state index in [1.54, 1.807) is 5.57 Å². The minimum Gasteiger partial charge on any atom is -0.0880 e. The zero-order valence-electron chi connectivity index (χ0n) is 7.23. The summed E-state index contributed by atoms with van der Waals surface area (Å²) in [6.45, 7) is 4.84. The number of allylic oxidation sites excluding steroid dienone is 2. The van der Waals surface area contributed by atoms with Gasteiger partial charge in [0.15, 0.2) is 0 Å². The van der Waals surface area contributed by atoms with Crippen LogP contribution in [0, 0.1) is 17.3 Å². The van der Waals surface area contributed by atoms with E-state index in [1.165, 1.54) is 12.8 Å². The molecule has 1 saturated carbocycles. The Kier molecular flexibility index (Phi) is 1.68. The van der Waals surface area contributed by atoms with Crippen molar-refractivity contribution in [3.05, 3.63) is 11.6 Å². The summed E-state index contributed by atoms with van der Waals surface area (Å²) in [6.07, 6.45) is 5.22. The second kappa shape index (κ2) is 2.35. The van der Waals surface area contributed by atoms with E-state index >= 15 is 0 Å². The van der Waals surface area contributed by atoms with Gasteiger partial charge in [-0.1, -0.05) is 41.4 Å². The number of fused-ring (bicyclic) bond motifs is 1. The lowest BCUT2D eigenvalue weighted by Gasteiger charge is -2.56. The fraction of sp³-hybridized carbons (Fsp3) is 0.800. The first-order chi connectivity index (χ1) is 5.16. The van der Waals surface area contributed by atoms with E-state index in [9.17, 15) is 0 Å². The average molecular weight is 215 g/mol. The first-order valence-corrected chi connectivity index (χ1v) is 5.53. The van der Waals surface area contributed by atoms with Crippen LogP contribution in [0.15, 0.2) is 11.6 Å². The van der Waals surface area contributed by atoms with Crippen molar-refractivity contribution in [2.45, 2.75) is 26.7 Å². The third-order valence-electron chi connectivity index (χ3n) is 3.74. The molecule has 3 rings (SSSR count). The molecule has 0 aromatic carbocycles. The van der Waals surface area contributed by atoms with Crippen LogP contribution in [0.25, 0.3) is 0 Å². The number of hydrogen-bond donors (Lipinski definition) is 0. The average Bonchev–Trinajstić information content (AvgIpc) is 2.04. The monoisotopic (exact) mass is 214 g/mol. The number of hydrogen-bond acceptors (Lipinski definition) is 0. The van der Waals surface area contributed by atoms with E-state index < -0.39 is 0 Å². The van der Waals surface area contributed by atoms with E-state index in [0.29, 0.717) is 5.41 Å². The van der Waals surface area contributed by atoms with Gasteiger partial charge in [0.25, 0.3) is 0 Å². The molecule has 3 aliphatic rings. The number of rotatable bonds is 1. The Labute approximate surface area is 77.2 Å². The summed E-state index contributed by atoms with van der Waals surface area (Å²) in [5, 5.41) is 1.09. The van der Waals surface area contributed by atoms with Gasteiger partial charge in [-0.25, -0.2) is 0 Å². The smallest absolute Gasteiger partial charge is 0.0244 e. The molecule has 0 aromatic heterocycles. The van der Waals surface area contributed by atoms with Gasteiger partial charge in [-0.15, -0.1) is 0 Å². The van der Waals surface area contributed by atoms with Crippen LogP contribution < -0.4 is 0 Å². The highest BCUT2D eigenvalue weighted by molar-refractivity contribution is 9.09. The zero-order valence-corrected chi connectivity index (χ0v) is 8.82. The van der Waals surface area contributed by atoms with E-state index in [0.717, 1.165) is 17.2 Å². The van der Waals surface area contributed by atoms with Crippen LogP contribution in [-0.4, -0.2) is 5.33 Å². The van der Waals surface area contributed by atoms with Gasteiger partial charge < -0.3 is 0 Å². The van der Waals surface area contributed by atoms with Crippen molar-refractivity contribution < 1.29 is 0 Å². The zero-order chi connectivity index (χ0) is 8.06. The first kappa shape index (κ1) is 7.85. The van der Waals surface area contributed by atoms with Gasteiger partial charge in [0, 0.05) is 5.33 Å². The highest BCUT2D eigenvalue weighted by atomic mass is 79.9. The molecular weight excluding hydrogens is 200 g/mol. The molecule has 3 aliphatic carbocycles. The van der Waals surface area contributed by atoms with Crippen molar-refractivity contribution in [2.24, 2.45) is 17.3 Å². The standard InChI is InChI=1S/C10H15Br/c1-10(2)8-4-3-7(6-11)9(10)5-8/h3,8-9H,4-6H2,1-2H3. The van der Waals surface area contributed by atoms with Crippen molar-refractivity contribution >= 4 is 15.9 Å². The SMILES string of the molecule is CC1(C)C2CC=C(CBr)C1C2. The molecule has 0 radical (unpaired) electrons. The van der Waals surface area contributed by atoms with Crippen molar-refractivity contribution in [3.8, 4) is 0 Å². The predicted octanol–water partition coefficient (Wildman–Crippen LogP) is 3.37. The van der Waals surface area contributed by atoms with Gasteiger partial charge in [0.05, 0.1) is 0 Å². The highest BCUT2D eigenvalue weighted by Gasteiger charge is 2.50. The third-order valence-corrected chi connectivity index (χ3v) is 4.38. The van der Waals surface area contributed by atoms with Gasteiger partial charge in [0.1, 0.15) is 0 Å². The third kappa shape index (κ3) is 0.932. The molecule has 0 saturated heterocycles. The Hall–Kier alpha value is 0.220. The fourth-order valence-electron chi connectivity index (χ4n) is 2.63. The van der Waals surface area contributed by atoms with Crippen LogP contribution in [0.1, 0.15) is 26.7 Å². The van der Waals surface area contributed by atoms with Crippen molar-refractivity contribution in [1.82, 2.24) is 0 Å². The summed E-state index contributed by atoms with van der Waals surface area (Å²) in [7, 11) is 0. The molecule has 1 fully saturated rings. The van der Waals surface area contributed by atoms with Crippen molar-refractivity contribution in [1.29, 1.82) is 0 Å². The van der Waals surface area contributed by atoms with Gasteiger partial charge in [-0.3, -0.25) is 0 Å². The lowest BCUT2D eigenvalue weighted by molar-refractivity contribution is -0.00526. The Morgan fingerprint density at radius 2 is 2.36 bits per heavy atom. The molecule has 2 unspecified atom stereocenters. The summed E-state index contributed by atoms with van der Waals surface area (Å²) in [6, 6.07) is 0. The second-order valence-corrected chi connectivity index (χ2v) is 5.02. The topological polar surface area (TPSA) is 0 Å². The van der Waals surface area contributed by atoms with Gasteiger partial charge >= 0.3 is 0 Å². The normalized spacial score (nSPS) is 39.4. The molecule has 0 amide bonds. The maximum Gasteiger partial charge on any atom is 0.0244 e. The van der Waals surface area contributed by atoms with E-state index in [4.69, 9.17) is 0 Å². The predicted molar refractivity (Wildman–Crippen MR) is 51.9 cm³/mol. The quantitative estimate of drug-likeness (QED) is 0.464. The lowest BCUT2D eigenvalue weighted by Crippen LogP contribution is -2.48. The largest absolute Gasteiger partial charge is 0.0880 e. The van der Waals surface area contributed by atoms with Crippen LogP contribution in [0.2, 0.25) is 0 Å². The molecule has 0 nitrogen and oxygen atoms in total. The fourth-order valence-corrected chi connectivity index (χ4v) is 3.25. The van der Waals surface area contributed by atoms with Crippen LogP contribution >= 0.6 is 15.9 Å². The Bertz CT molecular complexity index is 203. The van der Waals surface area contributed by atoms with E-state index in [-0.39, 0.29) is 0 Å². The summed E-state index contributed by atoms with van der Waals surface area (Å²) in [5.74, 6) is 1.87. The van der Waals surface area contributed by atoms with Crippen molar-refractivity contribution in [2.75, 3.05) is 5.33 Å². The molecule has 0 aromatic rings. The first-order valence-electron chi connectivity index (χ1n) is 4.41. The maximum atomic E-state index is 3.56. The molecule has 0 N–H and O–H groups in total. The molecule has 0 spiro atoms. The van der Waals surface area contributed by atoms with Crippen LogP contribution in [0.3, 0.4) is 0 Å². The van der Waals surface area contributed by atoms with Crippen molar-refractivity contribution in [3.63, 3.8) is 0 Å². The van der Waals surface area contributed by atoms with Crippen LogP contribution in [0.5, 0.6) is 0 Å². The second-order valence-electron chi connectivity index (χ2n) is 4.45. The Balaban J connectivity index is 2.23. The Morgan fingerprint density at radius 1 is 1.64 bits per heavy atom. The molecule has 11 heavy (non-hydrogen) atoms. The van der Waals surface area contributed by atoms with Gasteiger partial charge in [-0.2, -0.15) is 0 Å². The molecule has 62 valence electrons. The van der Waals surface area contributed by atoms with E-state index in [2.05, 4.69) is 35.9 Å². The van der Waals surface area contributed by atoms with Crippen LogP contribution in [0.4, 0.5) is 0 Å². The Morgan fingerprint density at radius 3 is 2.73 bits per heavy atom. The summed E-state index contributed by atoms with van der Waals surface area (Å²) in [4.78, 5) is 0. The summed E-state index contributed by atoms with van der Waals surface area (Å²) >= 11 is 3.56. The summed E-state index contributed by atoms with van der Waals surface area (Å²) < 4.78 is 0. The van der Waals surface area contributed by atoms with Gasteiger partial charge in [-0.05, 0) is 30.1 Å². The molecule has 1 heteroatoms. The van der Waals surface area contributed by atoms with Crippen LogP contribution in [-0.2, 0) is 0 Å². The van der Waals surface area contributed by atoms with Gasteiger partial charge in [0.2, 0.25) is 0 Å². The maximum absolute atomic E-state index is 3.56. The molecule has 0 aliphatic heterocycles. The number of halogens is 1. The number of alkyl halides is 1. The lowest BCUT2D eigenvalue weighted by atomic mass is 9.49.